The molecule has 182 valence electrons. The molecule has 2 amide bonds. The summed E-state index contributed by atoms with van der Waals surface area (Å²) in [6.45, 7) is 7.03. The van der Waals surface area contributed by atoms with Gasteiger partial charge in [-0.05, 0) is 43.0 Å². The highest BCUT2D eigenvalue weighted by atomic mass is 35.5. The number of carbonyl (C=O) groups is 2. The van der Waals surface area contributed by atoms with Gasteiger partial charge in [0.25, 0.3) is 5.91 Å². The van der Waals surface area contributed by atoms with E-state index in [0.717, 1.165) is 30.5 Å². The van der Waals surface area contributed by atoms with Crippen molar-refractivity contribution < 1.29 is 9.59 Å². The van der Waals surface area contributed by atoms with Crippen molar-refractivity contribution in [3.05, 3.63) is 83.2 Å². The van der Waals surface area contributed by atoms with Crippen molar-refractivity contribution in [3.8, 4) is 0 Å². The number of anilines is 1. The highest BCUT2D eigenvalue weighted by Crippen LogP contribution is 2.35. The summed E-state index contributed by atoms with van der Waals surface area (Å²) >= 11 is 7.61. The molecule has 1 aromatic heterocycles. The number of hydrogen-bond donors (Lipinski definition) is 1. The van der Waals surface area contributed by atoms with Crippen LogP contribution < -0.4 is 5.32 Å². The summed E-state index contributed by atoms with van der Waals surface area (Å²) in [5, 5.41) is 12.8. The van der Waals surface area contributed by atoms with E-state index in [2.05, 4.69) is 29.0 Å². The number of rotatable bonds is 9. The molecule has 1 N–H and O–H groups in total. The number of amides is 2. The van der Waals surface area contributed by atoms with Gasteiger partial charge in [0.05, 0.1) is 22.4 Å². The third kappa shape index (κ3) is 5.60. The molecule has 1 aliphatic heterocycles. The molecule has 35 heavy (non-hydrogen) atoms. The molecule has 0 bridgehead atoms. The molecule has 0 spiro atoms. The van der Waals surface area contributed by atoms with Gasteiger partial charge in [0.1, 0.15) is 0 Å². The highest BCUT2D eigenvalue weighted by molar-refractivity contribution is 7.99. The molecule has 2 heterocycles. The molecule has 0 radical (unpaired) electrons. The molecule has 0 saturated carbocycles. The van der Waals surface area contributed by atoms with Gasteiger partial charge in [0, 0.05) is 18.8 Å². The minimum Gasteiger partial charge on any atom is -0.328 e. The van der Waals surface area contributed by atoms with Crippen molar-refractivity contribution in [1.29, 1.82) is 0 Å². The van der Waals surface area contributed by atoms with Crippen LogP contribution in [0, 0.1) is 0 Å². The first-order chi connectivity index (χ1) is 17.0. The predicted molar refractivity (Wildman–Crippen MR) is 140 cm³/mol. The van der Waals surface area contributed by atoms with Crippen molar-refractivity contribution in [3.63, 3.8) is 0 Å². The second kappa shape index (κ2) is 11.6. The number of allylic oxidation sites excluding steroid dienone is 1. The Morgan fingerprint density at radius 1 is 1.20 bits per heavy atom. The molecule has 9 heteroatoms. The van der Waals surface area contributed by atoms with Crippen molar-refractivity contribution >= 4 is 40.9 Å². The topological polar surface area (TPSA) is 80.1 Å². The summed E-state index contributed by atoms with van der Waals surface area (Å²) in [5.41, 5.74) is 2.40. The number of aromatic nitrogens is 3. The highest BCUT2D eigenvalue weighted by Gasteiger charge is 2.35. The number of hydrogen-bond acceptors (Lipinski definition) is 5. The van der Waals surface area contributed by atoms with Gasteiger partial charge in [-0.3, -0.25) is 9.59 Å². The fourth-order valence-electron chi connectivity index (χ4n) is 4.29. The van der Waals surface area contributed by atoms with E-state index in [4.69, 9.17) is 11.6 Å². The van der Waals surface area contributed by atoms with Crippen molar-refractivity contribution in [2.45, 2.75) is 43.9 Å². The summed E-state index contributed by atoms with van der Waals surface area (Å²) < 4.78 is 1.94. The molecule has 1 unspecified atom stereocenters. The molecule has 1 saturated heterocycles. The van der Waals surface area contributed by atoms with Crippen molar-refractivity contribution in [2.24, 2.45) is 0 Å². The van der Waals surface area contributed by atoms with Crippen LogP contribution in [-0.4, -0.2) is 43.8 Å². The number of likely N-dealkylation sites (tertiary alicyclic amines) is 1. The Morgan fingerprint density at radius 2 is 1.97 bits per heavy atom. The van der Waals surface area contributed by atoms with E-state index in [1.807, 2.05) is 45.9 Å². The van der Waals surface area contributed by atoms with Gasteiger partial charge in [0.15, 0.2) is 11.0 Å². The minimum absolute atomic E-state index is 0.109. The summed E-state index contributed by atoms with van der Waals surface area (Å²) in [6, 6.07) is 14.6. The molecule has 0 aliphatic carbocycles. The first kappa shape index (κ1) is 25.0. The number of aryl methyl sites for hydroxylation is 1. The fourth-order valence-corrected chi connectivity index (χ4v) is 5.26. The van der Waals surface area contributed by atoms with Crippen molar-refractivity contribution in [1.82, 2.24) is 19.7 Å². The first-order valence-corrected chi connectivity index (χ1v) is 13.0. The maximum Gasteiger partial charge on any atom is 0.255 e. The Labute approximate surface area is 214 Å². The molecule has 4 rings (SSSR count). The number of nitrogens with zero attached hydrogens (tertiary/aromatic N) is 4. The van der Waals surface area contributed by atoms with E-state index < -0.39 is 0 Å². The zero-order chi connectivity index (χ0) is 24.8. The lowest BCUT2D eigenvalue weighted by atomic mass is 10.1. The standard InChI is InChI=1S/C26H28ClN5O2S/c1-3-15-32-24(22-14-9-16-31(22)25(34)19-11-6-7-12-20(19)27)29-30-26(32)35-17-23(33)28-21-13-8-5-10-18(21)4-2/h3,5-8,10-13,22H,1,4,9,14-17H2,2H3,(H,28,33). The zero-order valence-electron chi connectivity index (χ0n) is 19.6. The number of halogens is 1. The lowest BCUT2D eigenvalue weighted by molar-refractivity contribution is -0.113. The Morgan fingerprint density at radius 3 is 2.74 bits per heavy atom. The maximum absolute atomic E-state index is 13.3. The quantitative estimate of drug-likeness (QED) is 0.309. The number of nitrogens with one attached hydrogen (secondary N) is 1. The summed E-state index contributed by atoms with van der Waals surface area (Å²) in [4.78, 5) is 27.7. The fraction of sp³-hybridized carbons (Fsp3) is 0.308. The average molecular weight is 510 g/mol. The molecule has 1 atom stereocenters. The van der Waals surface area contributed by atoms with E-state index in [1.54, 1.807) is 18.2 Å². The van der Waals surface area contributed by atoms with Crippen LogP contribution in [0.15, 0.2) is 66.3 Å². The summed E-state index contributed by atoms with van der Waals surface area (Å²) in [5.74, 6) is 0.665. The summed E-state index contributed by atoms with van der Waals surface area (Å²) in [7, 11) is 0. The third-order valence-corrected chi connectivity index (χ3v) is 7.27. The third-order valence-electron chi connectivity index (χ3n) is 5.98. The first-order valence-electron chi connectivity index (χ1n) is 11.6. The van der Waals surface area contributed by atoms with E-state index >= 15 is 0 Å². The van der Waals surface area contributed by atoms with Crippen molar-refractivity contribution in [2.75, 3.05) is 17.6 Å². The molecule has 2 aromatic carbocycles. The van der Waals surface area contributed by atoms with Crippen LogP contribution in [0.5, 0.6) is 0 Å². The zero-order valence-corrected chi connectivity index (χ0v) is 21.2. The Balaban J connectivity index is 1.50. The molecule has 1 fully saturated rings. The van der Waals surface area contributed by atoms with Crippen LogP contribution >= 0.6 is 23.4 Å². The number of thioether (sulfide) groups is 1. The Bertz CT molecular complexity index is 1230. The Hall–Kier alpha value is -3.10. The Kier molecular flexibility index (Phi) is 8.25. The van der Waals surface area contributed by atoms with Crippen LogP contribution in [0.4, 0.5) is 5.69 Å². The molecule has 7 nitrogen and oxygen atoms in total. The number of para-hydroxylation sites is 1. The van der Waals surface area contributed by atoms with Crippen LogP contribution in [0.1, 0.15) is 47.6 Å². The molecule has 3 aromatic rings. The van der Waals surface area contributed by atoms with Crippen LogP contribution in [-0.2, 0) is 17.8 Å². The number of carbonyl (C=O) groups excluding carboxylic acids is 2. The van der Waals surface area contributed by atoms with Gasteiger partial charge in [-0.1, -0.05) is 66.7 Å². The van der Waals surface area contributed by atoms with E-state index in [9.17, 15) is 9.59 Å². The van der Waals surface area contributed by atoms with Gasteiger partial charge < -0.3 is 14.8 Å². The maximum atomic E-state index is 13.3. The van der Waals surface area contributed by atoms with Crippen LogP contribution in [0.25, 0.3) is 0 Å². The second-order valence-corrected chi connectivity index (χ2v) is 9.57. The van der Waals surface area contributed by atoms with E-state index in [-0.39, 0.29) is 23.6 Å². The smallest absolute Gasteiger partial charge is 0.255 e. The van der Waals surface area contributed by atoms with Gasteiger partial charge in [0.2, 0.25) is 5.91 Å². The minimum atomic E-state index is -0.217. The van der Waals surface area contributed by atoms with Crippen LogP contribution in [0.2, 0.25) is 5.02 Å². The second-order valence-electron chi connectivity index (χ2n) is 8.22. The lowest BCUT2D eigenvalue weighted by Crippen LogP contribution is -2.32. The molecule has 1 aliphatic rings. The van der Waals surface area contributed by atoms with Gasteiger partial charge >= 0.3 is 0 Å². The average Bonchev–Trinajstić information content (AvgIpc) is 3.50. The monoisotopic (exact) mass is 509 g/mol. The van der Waals surface area contributed by atoms with Gasteiger partial charge in [-0.25, -0.2) is 0 Å². The predicted octanol–water partition coefficient (Wildman–Crippen LogP) is 5.39. The largest absolute Gasteiger partial charge is 0.328 e. The number of benzene rings is 2. The SMILES string of the molecule is C=CCn1c(SCC(=O)Nc2ccccc2CC)nnc1C1CCCN1C(=O)c1ccccc1Cl. The van der Waals surface area contributed by atoms with E-state index in [0.29, 0.717) is 34.7 Å². The van der Waals surface area contributed by atoms with Crippen LogP contribution in [0.3, 0.4) is 0 Å². The summed E-state index contributed by atoms with van der Waals surface area (Å²) in [6.07, 6.45) is 4.25. The van der Waals surface area contributed by atoms with E-state index in [1.165, 1.54) is 11.8 Å². The lowest BCUT2D eigenvalue weighted by Gasteiger charge is -2.25. The van der Waals surface area contributed by atoms with Gasteiger partial charge in [-0.2, -0.15) is 0 Å². The molecular formula is C26H28ClN5O2S. The normalized spacial score (nSPS) is 15.3. The van der Waals surface area contributed by atoms with Gasteiger partial charge in [-0.15, -0.1) is 16.8 Å². The molecular weight excluding hydrogens is 482 g/mol.